The highest BCUT2D eigenvalue weighted by atomic mass is 32.1. The minimum atomic E-state index is -4.49. The summed E-state index contributed by atoms with van der Waals surface area (Å²) >= 11 is 1.45. The van der Waals surface area contributed by atoms with Crippen LogP contribution in [0.5, 0.6) is 0 Å². The Morgan fingerprint density at radius 2 is 2.22 bits per heavy atom. The maximum Gasteiger partial charge on any atom is 0.399 e. The lowest BCUT2D eigenvalue weighted by Crippen LogP contribution is -2.42. The summed E-state index contributed by atoms with van der Waals surface area (Å²) in [7, 11) is 1.55. The quantitative estimate of drug-likeness (QED) is 0.640. The van der Waals surface area contributed by atoms with Crippen molar-refractivity contribution in [1.82, 2.24) is 9.88 Å². The number of halogens is 3. The average molecular weight is 280 g/mol. The van der Waals surface area contributed by atoms with Crippen LogP contribution in [-0.2, 0) is 6.54 Å². The smallest absolute Gasteiger partial charge is 0.387 e. The standard InChI is InChI=1S/C10H15F3N4S/c1-6-16-7(5-18-6)3-17(2)4-8(9(14)15)10(11,12)13/h5,8H,3-4H2,1-2H3,(H3,14,15). The molecule has 0 fully saturated rings. The van der Waals surface area contributed by atoms with Crippen LogP contribution < -0.4 is 5.73 Å². The molecule has 0 amide bonds. The Balaban J connectivity index is 2.62. The number of nitrogens with two attached hydrogens (primary N) is 1. The molecule has 1 aromatic heterocycles. The molecule has 0 aliphatic carbocycles. The summed E-state index contributed by atoms with van der Waals surface area (Å²) in [6, 6.07) is 0. The molecule has 0 aromatic carbocycles. The molecule has 4 nitrogen and oxygen atoms in total. The number of aromatic nitrogens is 1. The number of thiazole rings is 1. The lowest BCUT2D eigenvalue weighted by molar-refractivity contribution is -0.159. The van der Waals surface area contributed by atoms with Crippen LogP contribution in [0.25, 0.3) is 0 Å². The van der Waals surface area contributed by atoms with Crippen LogP contribution in [0, 0.1) is 18.3 Å². The summed E-state index contributed by atoms with van der Waals surface area (Å²) in [5.74, 6) is -2.79. The van der Waals surface area contributed by atoms with Crippen LogP contribution in [0.15, 0.2) is 5.38 Å². The summed E-state index contributed by atoms with van der Waals surface area (Å²) in [6.45, 7) is 1.81. The molecule has 0 saturated heterocycles. The topological polar surface area (TPSA) is 66.0 Å². The molecule has 3 N–H and O–H groups in total. The molecule has 1 unspecified atom stereocenters. The number of rotatable bonds is 5. The first kappa shape index (κ1) is 14.9. The minimum absolute atomic E-state index is 0.310. The van der Waals surface area contributed by atoms with Crippen LogP contribution in [0.4, 0.5) is 13.2 Å². The minimum Gasteiger partial charge on any atom is -0.387 e. The average Bonchev–Trinajstić information content (AvgIpc) is 2.58. The monoisotopic (exact) mass is 280 g/mol. The zero-order valence-corrected chi connectivity index (χ0v) is 10.9. The van der Waals surface area contributed by atoms with Gasteiger partial charge < -0.3 is 5.73 Å². The van der Waals surface area contributed by atoms with Gasteiger partial charge in [-0.05, 0) is 14.0 Å². The van der Waals surface area contributed by atoms with Gasteiger partial charge in [0.05, 0.1) is 10.7 Å². The number of amidine groups is 1. The van der Waals surface area contributed by atoms with Crippen molar-refractivity contribution in [3.63, 3.8) is 0 Å². The Hall–Kier alpha value is -1.15. The van der Waals surface area contributed by atoms with Crippen molar-refractivity contribution in [2.24, 2.45) is 11.7 Å². The third-order valence-electron chi connectivity index (χ3n) is 2.36. The fourth-order valence-corrected chi connectivity index (χ4v) is 2.12. The van der Waals surface area contributed by atoms with Crippen LogP contribution in [-0.4, -0.2) is 35.5 Å². The van der Waals surface area contributed by atoms with E-state index in [1.165, 1.54) is 16.2 Å². The summed E-state index contributed by atoms with van der Waals surface area (Å²) < 4.78 is 37.8. The lowest BCUT2D eigenvalue weighted by atomic mass is 10.1. The molecular formula is C10H15F3N4S. The Labute approximate surface area is 107 Å². The van der Waals surface area contributed by atoms with E-state index in [2.05, 4.69) is 4.98 Å². The van der Waals surface area contributed by atoms with Crippen molar-refractivity contribution in [1.29, 1.82) is 5.41 Å². The molecule has 0 saturated carbocycles. The van der Waals surface area contributed by atoms with Gasteiger partial charge in [-0.3, -0.25) is 10.3 Å². The SMILES string of the molecule is Cc1nc(CN(C)CC(C(=N)N)C(F)(F)F)cs1. The van der Waals surface area contributed by atoms with Crippen molar-refractivity contribution in [2.45, 2.75) is 19.6 Å². The van der Waals surface area contributed by atoms with Gasteiger partial charge in [0.1, 0.15) is 11.8 Å². The summed E-state index contributed by atoms with van der Waals surface area (Å²) in [5, 5.41) is 9.68. The van der Waals surface area contributed by atoms with Crippen molar-refractivity contribution >= 4 is 17.2 Å². The van der Waals surface area contributed by atoms with E-state index in [1.807, 2.05) is 12.3 Å². The van der Waals surface area contributed by atoms with Crippen molar-refractivity contribution in [2.75, 3.05) is 13.6 Å². The van der Waals surface area contributed by atoms with E-state index in [0.29, 0.717) is 6.54 Å². The lowest BCUT2D eigenvalue weighted by Gasteiger charge is -2.24. The fourth-order valence-electron chi connectivity index (χ4n) is 1.51. The maximum absolute atomic E-state index is 12.6. The molecule has 18 heavy (non-hydrogen) atoms. The van der Waals surface area contributed by atoms with Gasteiger partial charge >= 0.3 is 6.18 Å². The van der Waals surface area contributed by atoms with Gasteiger partial charge in [0.15, 0.2) is 0 Å². The first-order valence-corrected chi connectivity index (χ1v) is 6.08. The number of hydrogen-bond acceptors (Lipinski definition) is 4. The summed E-state index contributed by atoms with van der Waals surface area (Å²) in [5.41, 5.74) is 5.72. The molecule has 1 aromatic rings. The summed E-state index contributed by atoms with van der Waals surface area (Å²) in [6.07, 6.45) is -4.49. The van der Waals surface area contributed by atoms with E-state index in [1.54, 1.807) is 7.05 Å². The molecule has 0 aliphatic heterocycles. The first-order chi connectivity index (χ1) is 8.20. The highest BCUT2D eigenvalue weighted by Gasteiger charge is 2.42. The van der Waals surface area contributed by atoms with Crippen LogP contribution in [0.3, 0.4) is 0 Å². The normalized spacial score (nSPS) is 13.9. The molecule has 1 rings (SSSR count). The second-order valence-electron chi connectivity index (χ2n) is 4.10. The molecule has 0 aliphatic rings. The highest BCUT2D eigenvalue weighted by molar-refractivity contribution is 7.09. The fraction of sp³-hybridized carbons (Fsp3) is 0.600. The molecule has 1 atom stereocenters. The van der Waals surface area contributed by atoms with E-state index in [0.717, 1.165) is 10.7 Å². The second-order valence-corrected chi connectivity index (χ2v) is 5.17. The van der Waals surface area contributed by atoms with Crippen molar-refractivity contribution < 1.29 is 13.2 Å². The number of nitrogens with one attached hydrogen (secondary N) is 1. The Morgan fingerprint density at radius 1 is 1.61 bits per heavy atom. The molecular weight excluding hydrogens is 265 g/mol. The Kier molecular flexibility index (Phi) is 4.69. The van der Waals surface area contributed by atoms with E-state index in [4.69, 9.17) is 11.1 Å². The Morgan fingerprint density at radius 3 is 2.61 bits per heavy atom. The van der Waals surface area contributed by atoms with Crippen LogP contribution in [0.1, 0.15) is 10.7 Å². The molecule has 0 bridgehead atoms. The van der Waals surface area contributed by atoms with E-state index in [9.17, 15) is 13.2 Å². The van der Waals surface area contributed by atoms with E-state index < -0.39 is 17.9 Å². The Bertz CT molecular complexity index is 416. The van der Waals surface area contributed by atoms with Gasteiger partial charge in [0.25, 0.3) is 0 Å². The zero-order chi connectivity index (χ0) is 13.9. The third-order valence-corrected chi connectivity index (χ3v) is 3.19. The van der Waals surface area contributed by atoms with Crippen LogP contribution in [0.2, 0.25) is 0 Å². The van der Waals surface area contributed by atoms with E-state index >= 15 is 0 Å². The van der Waals surface area contributed by atoms with Crippen LogP contribution >= 0.6 is 11.3 Å². The van der Waals surface area contributed by atoms with Crippen molar-refractivity contribution in [3.8, 4) is 0 Å². The highest BCUT2D eigenvalue weighted by Crippen LogP contribution is 2.27. The molecule has 1 heterocycles. The molecule has 0 radical (unpaired) electrons. The predicted octanol–water partition coefficient (Wildman–Crippen LogP) is 2.00. The number of alkyl halides is 3. The third kappa shape index (κ3) is 4.26. The maximum atomic E-state index is 12.6. The van der Waals surface area contributed by atoms with Gasteiger partial charge in [-0.2, -0.15) is 13.2 Å². The zero-order valence-electron chi connectivity index (χ0n) is 10.1. The first-order valence-electron chi connectivity index (χ1n) is 5.20. The number of nitrogens with zero attached hydrogens (tertiary/aromatic N) is 2. The van der Waals surface area contributed by atoms with E-state index in [-0.39, 0.29) is 6.54 Å². The molecule has 8 heteroatoms. The van der Waals surface area contributed by atoms with Crippen molar-refractivity contribution in [3.05, 3.63) is 16.1 Å². The van der Waals surface area contributed by atoms with Gasteiger partial charge in [0.2, 0.25) is 0 Å². The second kappa shape index (κ2) is 5.66. The largest absolute Gasteiger partial charge is 0.399 e. The van der Waals surface area contributed by atoms with Gasteiger partial charge in [-0.1, -0.05) is 0 Å². The number of aryl methyl sites for hydroxylation is 1. The van der Waals surface area contributed by atoms with Gasteiger partial charge in [-0.25, -0.2) is 4.98 Å². The number of hydrogen-bond donors (Lipinski definition) is 2. The van der Waals surface area contributed by atoms with Gasteiger partial charge in [-0.15, -0.1) is 11.3 Å². The predicted molar refractivity (Wildman–Crippen MR) is 64.6 cm³/mol. The molecule has 102 valence electrons. The summed E-state index contributed by atoms with van der Waals surface area (Å²) in [4.78, 5) is 5.64. The van der Waals surface area contributed by atoms with Gasteiger partial charge in [0, 0.05) is 18.5 Å². The molecule has 0 spiro atoms.